The first kappa shape index (κ1) is 9.97. The van der Waals surface area contributed by atoms with Gasteiger partial charge in [0.15, 0.2) is 0 Å². The summed E-state index contributed by atoms with van der Waals surface area (Å²) in [6, 6.07) is 2.15. The topological polar surface area (TPSA) is 85.1 Å². The Morgan fingerprint density at radius 1 is 1.47 bits per heavy atom. The van der Waals surface area contributed by atoms with E-state index in [1.165, 1.54) is 0 Å². The summed E-state index contributed by atoms with van der Waals surface area (Å²) in [5.41, 5.74) is 5.58. The summed E-state index contributed by atoms with van der Waals surface area (Å²) in [6.45, 7) is 1.52. The fourth-order valence-corrected chi connectivity index (χ4v) is 1.53. The van der Waals surface area contributed by atoms with Crippen LogP contribution in [-0.2, 0) is 4.74 Å². The third-order valence-electron chi connectivity index (χ3n) is 2.28. The molecule has 6 heteroatoms. The second-order valence-electron chi connectivity index (χ2n) is 3.45. The quantitative estimate of drug-likeness (QED) is 0.664. The molecule has 0 aromatic carbocycles. The van der Waals surface area contributed by atoms with Crippen LogP contribution < -0.4 is 16.4 Å². The van der Waals surface area contributed by atoms with Gasteiger partial charge >= 0.3 is 0 Å². The van der Waals surface area contributed by atoms with Crippen molar-refractivity contribution < 1.29 is 4.74 Å². The number of aromatic nitrogens is 2. The molecule has 4 N–H and O–H groups in total. The minimum absolute atomic E-state index is 0.267. The van der Waals surface area contributed by atoms with Crippen molar-refractivity contribution in [1.82, 2.24) is 9.97 Å². The van der Waals surface area contributed by atoms with Crippen molar-refractivity contribution in [2.24, 2.45) is 0 Å². The maximum atomic E-state index is 5.58. The summed E-state index contributed by atoms with van der Waals surface area (Å²) in [7, 11) is 1.80. The number of ether oxygens (including phenoxy) is 1. The van der Waals surface area contributed by atoms with Crippen molar-refractivity contribution in [2.45, 2.75) is 12.5 Å². The van der Waals surface area contributed by atoms with Crippen LogP contribution in [0.25, 0.3) is 0 Å². The molecule has 1 aromatic rings. The lowest BCUT2D eigenvalue weighted by Crippen LogP contribution is -2.20. The Morgan fingerprint density at radius 3 is 2.93 bits per heavy atom. The number of anilines is 3. The van der Waals surface area contributed by atoms with Crippen molar-refractivity contribution >= 4 is 17.6 Å². The number of rotatable bonds is 3. The molecule has 0 amide bonds. The molecule has 1 aliphatic rings. The lowest BCUT2D eigenvalue weighted by molar-refractivity contribution is 0.195. The van der Waals surface area contributed by atoms with E-state index in [-0.39, 0.29) is 5.95 Å². The second-order valence-corrected chi connectivity index (χ2v) is 3.45. The molecule has 1 unspecified atom stereocenters. The summed E-state index contributed by atoms with van der Waals surface area (Å²) in [4.78, 5) is 8.12. The molecule has 1 aromatic heterocycles. The highest BCUT2D eigenvalue weighted by Crippen LogP contribution is 2.15. The average Bonchev–Trinajstić information content (AvgIpc) is 2.69. The first-order valence-electron chi connectivity index (χ1n) is 4.94. The zero-order valence-corrected chi connectivity index (χ0v) is 8.66. The molecular weight excluding hydrogens is 194 g/mol. The Kier molecular flexibility index (Phi) is 2.86. The van der Waals surface area contributed by atoms with Crippen LogP contribution in [0.3, 0.4) is 0 Å². The molecule has 1 fully saturated rings. The van der Waals surface area contributed by atoms with Crippen LogP contribution >= 0.6 is 0 Å². The Labute approximate surface area is 88.2 Å². The SMILES string of the molecule is CNc1cc(NC2CCOC2)nc(N)n1. The molecule has 0 radical (unpaired) electrons. The Hall–Kier alpha value is -1.56. The lowest BCUT2D eigenvalue weighted by atomic mass is 10.2. The molecular formula is C9H15N5O. The molecule has 6 nitrogen and oxygen atoms in total. The highest BCUT2D eigenvalue weighted by Gasteiger charge is 2.15. The van der Waals surface area contributed by atoms with Crippen LogP contribution in [0, 0.1) is 0 Å². The van der Waals surface area contributed by atoms with Gasteiger partial charge in [-0.25, -0.2) is 0 Å². The molecule has 1 aliphatic heterocycles. The minimum atomic E-state index is 0.267. The van der Waals surface area contributed by atoms with Gasteiger partial charge in [-0.15, -0.1) is 0 Å². The maximum absolute atomic E-state index is 5.58. The summed E-state index contributed by atoms with van der Waals surface area (Å²) in [5.74, 6) is 1.72. The van der Waals surface area contributed by atoms with Crippen molar-refractivity contribution in [3.63, 3.8) is 0 Å². The molecule has 1 saturated heterocycles. The number of hydrogen-bond donors (Lipinski definition) is 3. The van der Waals surface area contributed by atoms with Crippen LogP contribution in [0.2, 0.25) is 0 Å². The zero-order chi connectivity index (χ0) is 10.7. The Morgan fingerprint density at radius 2 is 2.27 bits per heavy atom. The fourth-order valence-electron chi connectivity index (χ4n) is 1.53. The van der Waals surface area contributed by atoms with Gasteiger partial charge in [0.25, 0.3) is 0 Å². The van der Waals surface area contributed by atoms with Gasteiger partial charge in [-0.05, 0) is 6.42 Å². The molecule has 2 heterocycles. The minimum Gasteiger partial charge on any atom is -0.379 e. The molecule has 0 spiro atoms. The second kappa shape index (κ2) is 4.31. The average molecular weight is 209 g/mol. The molecule has 2 rings (SSSR count). The van der Waals surface area contributed by atoms with Crippen molar-refractivity contribution in [2.75, 3.05) is 36.6 Å². The summed E-state index contributed by atoms with van der Waals surface area (Å²) in [6.07, 6.45) is 0.999. The third-order valence-corrected chi connectivity index (χ3v) is 2.28. The Balaban J connectivity index is 2.09. The maximum Gasteiger partial charge on any atom is 0.223 e. The van der Waals surface area contributed by atoms with Crippen LogP contribution in [0.15, 0.2) is 6.07 Å². The van der Waals surface area contributed by atoms with Gasteiger partial charge in [0.05, 0.1) is 12.6 Å². The van der Waals surface area contributed by atoms with Gasteiger partial charge in [0.1, 0.15) is 11.6 Å². The fraction of sp³-hybridized carbons (Fsp3) is 0.556. The van der Waals surface area contributed by atoms with E-state index in [0.717, 1.165) is 25.5 Å². The van der Waals surface area contributed by atoms with Gasteiger partial charge in [-0.1, -0.05) is 0 Å². The number of nitrogens with one attached hydrogen (secondary N) is 2. The molecule has 1 atom stereocenters. The molecule has 0 saturated carbocycles. The smallest absolute Gasteiger partial charge is 0.223 e. The molecule has 15 heavy (non-hydrogen) atoms. The standard InChI is InChI=1S/C9H15N5O/c1-11-7-4-8(14-9(10)13-7)12-6-2-3-15-5-6/h4,6H,2-3,5H2,1H3,(H4,10,11,12,13,14). The van der Waals surface area contributed by atoms with Crippen LogP contribution in [0.5, 0.6) is 0 Å². The predicted molar refractivity (Wildman–Crippen MR) is 58.8 cm³/mol. The van der Waals surface area contributed by atoms with Crippen molar-refractivity contribution in [1.29, 1.82) is 0 Å². The van der Waals surface area contributed by atoms with E-state index in [0.29, 0.717) is 11.9 Å². The van der Waals surface area contributed by atoms with E-state index in [4.69, 9.17) is 10.5 Å². The van der Waals surface area contributed by atoms with Crippen LogP contribution in [-0.4, -0.2) is 36.3 Å². The highest BCUT2D eigenvalue weighted by atomic mass is 16.5. The monoisotopic (exact) mass is 209 g/mol. The summed E-state index contributed by atoms with van der Waals surface area (Å²) in [5, 5.41) is 6.19. The summed E-state index contributed by atoms with van der Waals surface area (Å²) >= 11 is 0. The van der Waals surface area contributed by atoms with E-state index in [1.54, 1.807) is 7.05 Å². The van der Waals surface area contributed by atoms with Crippen LogP contribution in [0.4, 0.5) is 17.6 Å². The zero-order valence-electron chi connectivity index (χ0n) is 8.66. The number of nitrogens with zero attached hydrogens (tertiary/aromatic N) is 2. The van der Waals surface area contributed by atoms with Gasteiger partial charge in [0.2, 0.25) is 5.95 Å². The number of nitrogens with two attached hydrogens (primary N) is 1. The highest BCUT2D eigenvalue weighted by molar-refractivity contribution is 5.51. The van der Waals surface area contributed by atoms with E-state index < -0.39 is 0 Å². The van der Waals surface area contributed by atoms with E-state index >= 15 is 0 Å². The van der Waals surface area contributed by atoms with Gasteiger partial charge in [-0.2, -0.15) is 9.97 Å². The van der Waals surface area contributed by atoms with E-state index in [9.17, 15) is 0 Å². The number of nitrogen functional groups attached to an aromatic ring is 1. The number of hydrogen-bond acceptors (Lipinski definition) is 6. The van der Waals surface area contributed by atoms with E-state index in [1.807, 2.05) is 6.07 Å². The van der Waals surface area contributed by atoms with E-state index in [2.05, 4.69) is 20.6 Å². The van der Waals surface area contributed by atoms with Gasteiger partial charge < -0.3 is 21.1 Å². The predicted octanol–water partition coefficient (Wildman–Crippen LogP) is 0.301. The third kappa shape index (κ3) is 2.47. The van der Waals surface area contributed by atoms with Gasteiger partial charge in [-0.3, -0.25) is 0 Å². The van der Waals surface area contributed by atoms with Crippen molar-refractivity contribution in [3.05, 3.63) is 6.07 Å². The first-order valence-corrected chi connectivity index (χ1v) is 4.94. The van der Waals surface area contributed by atoms with Crippen molar-refractivity contribution in [3.8, 4) is 0 Å². The normalized spacial score (nSPS) is 20.2. The van der Waals surface area contributed by atoms with Crippen LogP contribution in [0.1, 0.15) is 6.42 Å². The van der Waals surface area contributed by atoms with Gasteiger partial charge in [0, 0.05) is 19.7 Å². The first-order chi connectivity index (χ1) is 7.28. The summed E-state index contributed by atoms with van der Waals surface area (Å²) < 4.78 is 5.26. The molecule has 0 aliphatic carbocycles. The lowest BCUT2D eigenvalue weighted by Gasteiger charge is -2.12. The molecule has 82 valence electrons. The molecule has 0 bridgehead atoms. The largest absolute Gasteiger partial charge is 0.379 e. The Bertz CT molecular complexity index is 337.